The Morgan fingerprint density at radius 3 is 1.50 bits per heavy atom. The molecule has 0 amide bonds. The Kier molecular flexibility index (Phi) is 4.72. The second-order valence-corrected chi connectivity index (χ2v) is 2.35. The summed E-state index contributed by atoms with van der Waals surface area (Å²) in [5, 5.41) is 16.5. The van der Waals surface area contributed by atoms with Crippen molar-refractivity contribution in [3.8, 4) is 12.1 Å². The number of nitriles is 2. The molecule has 2 unspecified atom stereocenters. The van der Waals surface area contributed by atoms with E-state index >= 15 is 0 Å². The molecule has 0 bridgehead atoms. The van der Waals surface area contributed by atoms with Crippen molar-refractivity contribution in [3.63, 3.8) is 0 Å². The molecule has 0 aromatic heterocycles. The van der Waals surface area contributed by atoms with Crippen LogP contribution in [0.5, 0.6) is 0 Å². The molecule has 0 aliphatic carbocycles. The summed E-state index contributed by atoms with van der Waals surface area (Å²) in [4.78, 5) is 21.6. The van der Waals surface area contributed by atoms with Crippen LogP contribution in [-0.2, 0) is 19.1 Å². The predicted octanol–water partition coefficient (Wildman–Crippen LogP) is -0.103. The first kappa shape index (κ1) is 11.9. The smallest absolute Gasteiger partial charge is 0.418 e. The van der Waals surface area contributed by atoms with E-state index in [1.165, 1.54) is 13.8 Å². The van der Waals surface area contributed by atoms with Crippen molar-refractivity contribution in [2.24, 2.45) is 0 Å². The average molecular weight is 196 g/mol. The minimum absolute atomic E-state index is 1.02. The lowest BCUT2D eigenvalue weighted by Crippen LogP contribution is -2.26. The van der Waals surface area contributed by atoms with Gasteiger partial charge in [-0.05, 0) is 13.8 Å². The minimum Gasteiger partial charge on any atom is -0.439 e. The molecule has 0 heterocycles. The largest absolute Gasteiger partial charge is 0.439 e. The number of carbonyl (C=O) groups is 2. The molecule has 74 valence electrons. The molecule has 6 nitrogen and oxygen atoms in total. The van der Waals surface area contributed by atoms with E-state index in [4.69, 9.17) is 10.5 Å². The molecule has 0 fully saturated rings. The van der Waals surface area contributed by atoms with Gasteiger partial charge in [0.05, 0.1) is 0 Å². The molecular formula is C8H8N2O4. The van der Waals surface area contributed by atoms with Gasteiger partial charge in [0.15, 0.2) is 12.2 Å². The summed E-state index contributed by atoms with van der Waals surface area (Å²) in [6, 6.07) is 3.20. The van der Waals surface area contributed by atoms with Gasteiger partial charge in [0.1, 0.15) is 12.1 Å². The van der Waals surface area contributed by atoms with Crippen molar-refractivity contribution in [1.82, 2.24) is 0 Å². The summed E-state index contributed by atoms with van der Waals surface area (Å²) in [6.07, 6.45) is -2.04. The van der Waals surface area contributed by atoms with E-state index in [2.05, 4.69) is 9.47 Å². The SMILES string of the molecule is CC(C#N)OC(=O)C(=O)OC(C)C#N. The molecule has 0 spiro atoms. The summed E-state index contributed by atoms with van der Waals surface area (Å²) in [7, 11) is 0. The van der Waals surface area contributed by atoms with Gasteiger partial charge in [-0.3, -0.25) is 0 Å². The lowest BCUT2D eigenvalue weighted by Gasteiger charge is -2.06. The Bertz CT molecular complexity index is 280. The summed E-state index contributed by atoms with van der Waals surface area (Å²) < 4.78 is 8.65. The van der Waals surface area contributed by atoms with Gasteiger partial charge in [0, 0.05) is 0 Å². The van der Waals surface area contributed by atoms with Gasteiger partial charge >= 0.3 is 11.9 Å². The number of nitrogens with zero attached hydrogens (tertiary/aromatic N) is 2. The monoisotopic (exact) mass is 196 g/mol. The Balaban J connectivity index is 4.10. The van der Waals surface area contributed by atoms with Crippen LogP contribution >= 0.6 is 0 Å². The van der Waals surface area contributed by atoms with Gasteiger partial charge in [-0.2, -0.15) is 10.5 Å². The molecule has 0 aliphatic heterocycles. The van der Waals surface area contributed by atoms with E-state index in [1.54, 1.807) is 12.1 Å². The van der Waals surface area contributed by atoms with Crippen LogP contribution < -0.4 is 0 Å². The van der Waals surface area contributed by atoms with Crippen LogP contribution in [0.1, 0.15) is 13.8 Å². The van der Waals surface area contributed by atoms with Gasteiger partial charge in [-0.1, -0.05) is 0 Å². The Hall–Kier alpha value is -2.08. The predicted molar refractivity (Wildman–Crippen MR) is 42.3 cm³/mol. The molecule has 0 N–H and O–H groups in total. The molecule has 0 rings (SSSR count). The lowest BCUT2D eigenvalue weighted by molar-refractivity contribution is -0.170. The van der Waals surface area contributed by atoms with Gasteiger partial charge in [0.2, 0.25) is 0 Å². The fourth-order valence-electron chi connectivity index (χ4n) is 0.470. The molecule has 6 heteroatoms. The van der Waals surface area contributed by atoms with E-state index in [-0.39, 0.29) is 0 Å². The zero-order valence-corrected chi connectivity index (χ0v) is 7.68. The molecule has 2 atom stereocenters. The summed E-state index contributed by atoms with van der Waals surface area (Å²) >= 11 is 0. The maximum Gasteiger partial charge on any atom is 0.418 e. The van der Waals surface area contributed by atoms with E-state index < -0.39 is 24.1 Å². The first-order valence-electron chi connectivity index (χ1n) is 3.72. The van der Waals surface area contributed by atoms with Crippen molar-refractivity contribution in [2.45, 2.75) is 26.1 Å². The number of hydrogen-bond acceptors (Lipinski definition) is 6. The highest BCUT2D eigenvalue weighted by Crippen LogP contribution is 1.95. The molecular weight excluding hydrogens is 188 g/mol. The van der Waals surface area contributed by atoms with Crippen LogP contribution in [0, 0.1) is 22.7 Å². The Morgan fingerprint density at radius 2 is 1.29 bits per heavy atom. The third kappa shape index (κ3) is 4.07. The maximum absolute atomic E-state index is 10.8. The van der Waals surface area contributed by atoms with Gasteiger partial charge in [0.25, 0.3) is 0 Å². The van der Waals surface area contributed by atoms with E-state index in [9.17, 15) is 9.59 Å². The van der Waals surface area contributed by atoms with Crippen LogP contribution in [-0.4, -0.2) is 24.1 Å². The zero-order valence-electron chi connectivity index (χ0n) is 7.68. The highest BCUT2D eigenvalue weighted by molar-refractivity contribution is 6.29. The second kappa shape index (κ2) is 5.55. The molecule has 0 aliphatic rings. The van der Waals surface area contributed by atoms with Crippen LogP contribution in [0.15, 0.2) is 0 Å². The number of rotatable bonds is 2. The molecule has 0 radical (unpaired) electrons. The molecule has 0 saturated carbocycles. The van der Waals surface area contributed by atoms with Crippen LogP contribution in [0.25, 0.3) is 0 Å². The Labute approximate surface area is 80.6 Å². The topological polar surface area (TPSA) is 100 Å². The minimum atomic E-state index is -1.28. The summed E-state index contributed by atoms with van der Waals surface area (Å²) in [5.74, 6) is -2.55. The lowest BCUT2D eigenvalue weighted by atomic mass is 10.4. The third-order valence-electron chi connectivity index (χ3n) is 1.10. The highest BCUT2D eigenvalue weighted by Gasteiger charge is 2.22. The average Bonchev–Trinajstić information content (AvgIpc) is 2.17. The molecule has 14 heavy (non-hydrogen) atoms. The van der Waals surface area contributed by atoms with Crippen molar-refractivity contribution in [1.29, 1.82) is 10.5 Å². The van der Waals surface area contributed by atoms with Gasteiger partial charge in [-0.25, -0.2) is 9.59 Å². The standard InChI is InChI=1S/C8H8N2O4/c1-5(3-9)13-7(11)8(12)14-6(2)4-10/h5-6H,1-2H3. The highest BCUT2D eigenvalue weighted by atomic mass is 16.6. The molecule has 0 saturated heterocycles. The first-order chi connectivity index (χ1) is 6.51. The quantitative estimate of drug-likeness (QED) is 0.451. The first-order valence-corrected chi connectivity index (χ1v) is 3.72. The molecule has 0 aromatic carbocycles. The van der Waals surface area contributed by atoms with Crippen molar-refractivity contribution in [3.05, 3.63) is 0 Å². The number of hydrogen-bond donors (Lipinski definition) is 0. The van der Waals surface area contributed by atoms with Crippen LogP contribution in [0.2, 0.25) is 0 Å². The van der Waals surface area contributed by atoms with E-state index in [0.29, 0.717) is 0 Å². The fourth-order valence-corrected chi connectivity index (χ4v) is 0.470. The number of carbonyl (C=O) groups excluding carboxylic acids is 2. The Morgan fingerprint density at radius 1 is 1.00 bits per heavy atom. The van der Waals surface area contributed by atoms with Gasteiger partial charge < -0.3 is 9.47 Å². The number of ether oxygens (including phenoxy) is 2. The van der Waals surface area contributed by atoms with Crippen LogP contribution in [0.4, 0.5) is 0 Å². The molecule has 0 aromatic rings. The summed E-state index contributed by atoms with van der Waals surface area (Å²) in [5.41, 5.74) is 0. The van der Waals surface area contributed by atoms with Crippen molar-refractivity contribution < 1.29 is 19.1 Å². The normalized spacial score (nSPS) is 12.9. The van der Waals surface area contributed by atoms with E-state index in [1.807, 2.05) is 0 Å². The zero-order chi connectivity index (χ0) is 11.1. The number of esters is 2. The van der Waals surface area contributed by atoms with Gasteiger partial charge in [-0.15, -0.1) is 0 Å². The van der Waals surface area contributed by atoms with E-state index in [0.717, 1.165) is 0 Å². The van der Waals surface area contributed by atoms with Crippen molar-refractivity contribution in [2.75, 3.05) is 0 Å². The second-order valence-electron chi connectivity index (χ2n) is 2.35. The maximum atomic E-state index is 10.8. The summed E-state index contributed by atoms with van der Waals surface area (Å²) in [6.45, 7) is 2.61. The fraction of sp³-hybridized carbons (Fsp3) is 0.500. The third-order valence-corrected chi connectivity index (χ3v) is 1.10. The van der Waals surface area contributed by atoms with Crippen molar-refractivity contribution >= 4 is 11.9 Å². The van der Waals surface area contributed by atoms with Crippen LogP contribution in [0.3, 0.4) is 0 Å².